The first-order chi connectivity index (χ1) is 11.3. The number of nitrogens with two attached hydrogens (primary N) is 1. The monoisotopic (exact) mass is 335 g/mol. The summed E-state index contributed by atoms with van der Waals surface area (Å²) in [4.78, 5) is 34.7. The number of nitrogens with one attached hydrogen (secondary N) is 2. The zero-order valence-corrected chi connectivity index (χ0v) is 14.0. The molecule has 0 aromatic heterocycles. The maximum absolute atomic E-state index is 12.3. The number of aliphatic carboxylic acids is 1. The highest BCUT2D eigenvalue weighted by molar-refractivity contribution is 5.91. The van der Waals surface area contributed by atoms with Crippen LogP contribution in [0.3, 0.4) is 0 Å². The van der Waals surface area contributed by atoms with Crippen molar-refractivity contribution in [2.75, 3.05) is 0 Å². The van der Waals surface area contributed by atoms with Crippen LogP contribution in [0, 0.1) is 0 Å². The number of carboxylic acids is 1. The fraction of sp³-hybridized carbons (Fsp3) is 0.471. The second-order valence-corrected chi connectivity index (χ2v) is 5.70. The molecular weight excluding hydrogens is 310 g/mol. The van der Waals surface area contributed by atoms with E-state index in [0.717, 1.165) is 18.4 Å². The van der Waals surface area contributed by atoms with Crippen LogP contribution in [0.2, 0.25) is 0 Å². The predicted octanol–water partition coefficient (Wildman–Crippen LogP) is 0.951. The van der Waals surface area contributed by atoms with Crippen molar-refractivity contribution in [3.8, 4) is 0 Å². The van der Waals surface area contributed by atoms with E-state index in [2.05, 4.69) is 10.6 Å². The van der Waals surface area contributed by atoms with Crippen LogP contribution in [0.15, 0.2) is 30.3 Å². The fourth-order valence-corrected chi connectivity index (χ4v) is 2.26. The Morgan fingerprint density at radius 1 is 1.12 bits per heavy atom. The number of carbonyl (C=O) groups excluding carboxylic acids is 2. The molecule has 7 heteroatoms. The summed E-state index contributed by atoms with van der Waals surface area (Å²) in [6.07, 6.45) is 1.18. The zero-order chi connectivity index (χ0) is 18.1. The molecule has 0 bridgehead atoms. The first-order valence-corrected chi connectivity index (χ1v) is 7.98. The van der Waals surface area contributed by atoms with Crippen LogP contribution in [0.5, 0.6) is 0 Å². The van der Waals surface area contributed by atoms with Gasteiger partial charge in [0.25, 0.3) is 0 Å². The zero-order valence-electron chi connectivity index (χ0n) is 14.0. The maximum atomic E-state index is 12.3. The van der Waals surface area contributed by atoms with E-state index in [1.165, 1.54) is 6.92 Å². The maximum Gasteiger partial charge on any atom is 0.305 e. The average Bonchev–Trinajstić information content (AvgIpc) is 2.54. The Labute approximate surface area is 141 Å². The van der Waals surface area contributed by atoms with Crippen molar-refractivity contribution in [3.05, 3.63) is 35.9 Å². The molecule has 2 amide bonds. The first kappa shape index (κ1) is 19.6. The minimum atomic E-state index is -1.18. The van der Waals surface area contributed by atoms with Gasteiger partial charge in [-0.25, -0.2) is 0 Å². The average molecular weight is 335 g/mol. The van der Waals surface area contributed by atoms with Gasteiger partial charge in [0.15, 0.2) is 0 Å². The van der Waals surface area contributed by atoms with Crippen LogP contribution in [-0.2, 0) is 14.4 Å². The van der Waals surface area contributed by atoms with E-state index in [0.29, 0.717) is 0 Å². The lowest BCUT2D eigenvalue weighted by Gasteiger charge is -2.22. The molecule has 24 heavy (non-hydrogen) atoms. The van der Waals surface area contributed by atoms with Crippen LogP contribution in [0.1, 0.15) is 44.7 Å². The standard InChI is InChI=1S/C17H25N3O4/c1-3-7-14(12-8-5-4-6-9-12)20-16(23)11(2)19-17(24)13(18)10-15(21)22/h4-6,8-9,11,13-14H,3,7,10,18H2,1-2H3,(H,19,24)(H,20,23)(H,21,22)/t11-,13+,14?/m1/s1. The Morgan fingerprint density at radius 2 is 1.75 bits per heavy atom. The molecule has 0 aliphatic carbocycles. The molecule has 0 aliphatic heterocycles. The number of rotatable bonds is 9. The number of benzene rings is 1. The molecule has 0 radical (unpaired) electrons. The fourth-order valence-electron chi connectivity index (χ4n) is 2.26. The molecule has 132 valence electrons. The van der Waals surface area contributed by atoms with Gasteiger partial charge in [-0.1, -0.05) is 43.7 Å². The minimum absolute atomic E-state index is 0.143. The van der Waals surface area contributed by atoms with E-state index >= 15 is 0 Å². The topological polar surface area (TPSA) is 122 Å². The Morgan fingerprint density at radius 3 is 2.29 bits per heavy atom. The normalized spacial score (nSPS) is 14.3. The van der Waals surface area contributed by atoms with Crippen LogP contribution in [0.4, 0.5) is 0 Å². The predicted molar refractivity (Wildman–Crippen MR) is 90.1 cm³/mol. The molecule has 1 aromatic carbocycles. The molecule has 5 N–H and O–H groups in total. The van der Waals surface area contributed by atoms with Crippen molar-refractivity contribution < 1.29 is 19.5 Å². The second-order valence-electron chi connectivity index (χ2n) is 5.70. The number of hydrogen-bond donors (Lipinski definition) is 4. The third-order valence-electron chi connectivity index (χ3n) is 3.58. The van der Waals surface area contributed by atoms with Crippen molar-refractivity contribution in [1.82, 2.24) is 10.6 Å². The van der Waals surface area contributed by atoms with E-state index < -0.39 is 30.4 Å². The van der Waals surface area contributed by atoms with Gasteiger partial charge in [-0.05, 0) is 18.9 Å². The van der Waals surface area contributed by atoms with Gasteiger partial charge in [0.05, 0.1) is 18.5 Å². The van der Waals surface area contributed by atoms with E-state index in [-0.39, 0.29) is 11.9 Å². The van der Waals surface area contributed by atoms with Gasteiger partial charge >= 0.3 is 5.97 Å². The lowest BCUT2D eigenvalue weighted by molar-refractivity contribution is -0.139. The van der Waals surface area contributed by atoms with Crippen LogP contribution < -0.4 is 16.4 Å². The van der Waals surface area contributed by atoms with Gasteiger partial charge in [0.1, 0.15) is 6.04 Å². The molecule has 1 unspecified atom stereocenters. The summed E-state index contributed by atoms with van der Waals surface area (Å²) >= 11 is 0. The molecule has 7 nitrogen and oxygen atoms in total. The molecular formula is C17H25N3O4. The smallest absolute Gasteiger partial charge is 0.305 e. The molecule has 0 saturated carbocycles. The molecule has 1 rings (SSSR count). The first-order valence-electron chi connectivity index (χ1n) is 7.98. The van der Waals surface area contributed by atoms with Crippen molar-refractivity contribution in [2.45, 2.75) is 51.2 Å². The second kappa shape index (κ2) is 9.67. The summed E-state index contributed by atoms with van der Waals surface area (Å²) in [5, 5.41) is 14.0. The third-order valence-corrected chi connectivity index (χ3v) is 3.58. The Balaban J connectivity index is 2.63. The largest absolute Gasteiger partial charge is 0.481 e. The van der Waals surface area contributed by atoms with Gasteiger partial charge in [-0.15, -0.1) is 0 Å². The summed E-state index contributed by atoms with van der Waals surface area (Å²) in [7, 11) is 0. The molecule has 0 spiro atoms. The van der Waals surface area contributed by atoms with Gasteiger partial charge in [0.2, 0.25) is 11.8 Å². The summed E-state index contributed by atoms with van der Waals surface area (Å²) in [6.45, 7) is 3.56. The van der Waals surface area contributed by atoms with E-state index in [1.54, 1.807) is 0 Å². The summed E-state index contributed by atoms with van der Waals surface area (Å²) < 4.78 is 0. The minimum Gasteiger partial charge on any atom is -0.481 e. The Kier molecular flexibility index (Phi) is 7.91. The quantitative estimate of drug-likeness (QED) is 0.535. The summed E-state index contributed by atoms with van der Waals surface area (Å²) in [6, 6.07) is 7.45. The van der Waals surface area contributed by atoms with E-state index in [4.69, 9.17) is 10.8 Å². The summed E-state index contributed by atoms with van der Waals surface area (Å²) in [5.41, 5.74) is 6.48. The lowest BCUT2D eigenvalue weighted by atomic mass is 10.0. The number of hydrogen-bond acceptors (Lipinski definition) is 4. The van der Waals surface area contributed by atoms with Crippen molar-refractivity contribution in [1.29, 1.82) is 0 Å². The highest BCUT2D eigenvalue weighted by Gasteiger charge is 2.23. The Bertz CT molecular complexity index is 562. The van der Waals surface area contributed by atoms with Crippen LogP contribution in [-0.4, -0.2) is 35.0 Å². The molecule has 0 aliphatic rings. The van der Waals surface area contributed by atoms with Crippen LogP contribution in [0.25, 0.3) is 0 Å². The van der Waals surface area contributed by atoms with E-state index in [9.17, 15) is 14.4 Å². The molecule has 3 atom stereocenters. The van der Waals surface area contributed by atoms with Crippen molar-refractivity contribution in [2.24, 2.45) is 5.73 Å². The van der Waals surface area contributed by atoms with Gasteiger partial charge < -0.3 is 21.5 Å². The summed E-state index contributed by atoms with van der Waals surface area (Å²) in [5.74, 6) is -2.16. The SMILES string of the molecule is CCCC(NC(=O)[C@@H](C)NC(=O)[C@@H](N)CC(=O)O)c1ccccc1. The van der Waals surface area contributed by atoms with Crippen molar-refractivity contribution >= 4 is 17.8 Å². The number of carbonyl (C=O) groups is 3. The van der Waals surface area contributed by atoms with Crippen molar-refractivity contribution in [3.63, 3.8) is 0 Å². The van der Waals surface area contributed by atoms with E-state index in [1.807, 2.05) is 37.3 Å². The third kappa shape index (κ3) is 6.37. The highest BCUT2D eigenvalue weighted by Crippen LogP contribution is 2.18. The van der Waals surface area contributed by atoms with Gasteiger partial charge in [0, 0.05) is 0 Å². The molecule has 0 saturated heterocycles. The highest BCUT2D eigenvalue weighted by atomic mass is 16.4. The molecule has 0 heterocycles. The number of amides is 2. The Hall–Kier alpha value is -2.41. The lowest BCUT2D eigenvalue weighted by Crippen LogP contribution is -2.51. The van der Waals surface area contributed by atoms with Gasteiger partial charge in [-0.2, -0.15) is 0 Å². The van der Waals surface area contributed by atoms with Gasteiger partial charge in [-0.3, -0.25) is 14.4 Å². The number of carboxylic acid groups (broad SMARTS) is 1. The molecule has 0 fully saturated rings. The van der Waals surface area contributed by atoms with Crippen LogP contribution >= 0.6 is 0 Å². The molecule has 1 aromatic rings.